The zero-order chi connectivity index (χ0) is 22.7. The maximum absolute atomic E-state index is 13.4. The van der Waals surface area contributed by atoms with Crippen LogP contribution in [0.2, 0.25) is 0 Å². The Balaban J connectivity index is 1.50. The van der Waals surface area contributed by atoms with Crippen molar-refractivity contribution in [1.82, 2.24) is 24.6 Å². The third kappa shape index (κ3) is 4.93. The normalized spacial score (nSPS) is 20.3. The lowest BCUT2D eigenvalue weighted by atomic mass is 9.85. The fourth-order valence-corrected chi connectivity index (χ4v) is 3.88. The predicted octanol–water partition coefficient (Wildman–Crippen LogP) is 4.09. The molecule has 4 rings (SSSR count). The Hall–Kier alpha value is -2.95. The Morgan fingerprint density at radius 3 is 2.88 bits per heavy atom. The summed E-state index contributed by atoms with van der Waals surface area (Å²) in [5.41, 5.74) is -0.224. The van der Waals surface area contributed by atoms with Crippen LogP contribution in [-0.2, 0) is 10.9 Å². The van der Waals surface area contributed by atoms with E-state index in [4.69, 9.17) is 9.47 Å². The number of methoxy groups -OCH3 is 1. The summed E-state index contributed by atoms with van der Waals surface area (Å²) in [6, 6.07) is 5.73. The Morgan fingerprint density at radius 2 is 2.09 bits per heavy atom. The van der Waals surface area contributed by atoms with Gasteiger partial charge in [-0.15, -0.1) is 10.2 Å². The lowest BCUT2D eigenvalue weighted by Crippen LogP contribution is -2.28. The van der Waals surface area contributed by atoms with Gasteiger partial charge in [-0.1, -0.05) is 12.5 Å². The smallest absolute Gasteiger partial charge is 0.423 e. The topological polar surface area (TPSA) is 86.5 Å². The van der Waals surface area contributed by atoms with Crippen LogP contribution in [0, 0.1) is 0 Å². The summed E-state index contributed by atoms with van der Waals surface area (Å²) in [5.74, 6) is 0.661. The van der Waals surface area contributed by atoms with E-state index in [0.717, 1.165) is 43.4 Å². The highest BCUT2D eigenvalue weighted by atomic mass is 19.4. The first-order valence-corrected chi connectivity index (χ1v) is 10.5. The first kappa shape index (κ1) is 22.3. The summed E-state index contributed by atoms with van der Waals surface area (Å²) in [7, 11) is 1.46. The molecule has 1 aliphatic rings. The first-order chi connectivity index (χ1) is 15.3. The second-order valence-corrected chi connectivity index (χ2v) is 7.96. The van der Waals surface area contributed by atoms with E-state index in [9.17, 15) is 13.2 Å². The van der Waals surface area contributed by atoms with E-state index in [1.165, 1.54) is 7.11 Å². The molecule has 0 radical (unpaired) electrons. The molecule has 3 atom stereocenters. The van der Waals surface area contributed by atoms with Crippen LogP contribution in [0.15, 0.2) is 30.6 Å². The minimum Gasteiger partial charge on any atom is -0.474 e. The van der Waals surface area contributed by atoms with Gasteiger partial charge >= 0.3 is 6.18 Å². The van der Waals surface area contributed by atoms with Crippen LogP contribution in [0.5, 0.6) is 5.88 Å². The van der Waals surface area contributed by atoms with Crippen LogP contribution in [-0.4, -0.2) is 50.4 Å². The molecule has 0 bridgehead atoms. The standard InChI is InChI=1S/C21H25F3N6O2/c1-13(31-2)12-32-19-16(21(22,23)24)11-25-20(27-19)26-15-7-5-6-14(10-15)18-29-28-17-8-3-4-9-30(17)18/h3-4,8-9,11,13-15H,5-7,10,12H2,1-2H3,(H,25,26,27)/t13-,14+,15-/m1/s1. The summed E-state index contributed by atoms with van der Waals surface area (Å²) >= 11 is 0. The van der Waals surface area contributed by atoms with Crippen LogP contribution < -0.4 is 10.1 Å². The zero-order valence-electron chi connectivity index (χ0n) is 17.8. The molecule has 0 aliphatic heterocycles. The van der Waals surface area contributed by atoms with Crippen molar-refractivity contribution in [2.75, 3.05) is 19.0 Å². The molecular weight excluding hydrogens is 425 g/mol. The molecule has 0 saturated heterocycles. The number of nitrogens with one attached hydrogen (secondary N) is 1. The van der Waals surface area contributed by atoms with Gasteiger partial charge in [-0.05, 0) is 38.3 Å². The summed E-state index contributed by atoms with van der Waals surface area (Å²) in [6.07, 6.45) is 1.21. The van der Waals surface area contributed by atoms with Gasteiger partial charge in [0.1, 0.15) is 18.0 Å². The number of rotatable bonds is 7. The summed E-state index contributed by atoms with van der Waals surface area (Å²) in [6.45, 7) is 1.64. The number of fused-ring (bicyclic) bond motifs is 1. The second kappa shape index (κ2) is 9.27. The minimum absolute atomic E-state index is 0.00713. The van der Waals surface area contributed by atoms with Gasteiger partial charge in [0.05, 0.1) is 6.10 Å². The molecule has 1 N–H and O–H groups in total. The highest BCUT2D eigenvalue weighted by molar-refractivity contribution is 5.38. The molecule has 1 aliphatic carbocycles. The van der Waals surface area contributed by atoms with Crippen molar-refractivity contribution < 1.29 is 22.6 Å². The molecule has 11 heteroatoms. The van der Waals surface area contributed by atoms with E-state index in [1.54, 1.807) is 6.92 Å². The first-order valence-electron chi connectivity index (χ1n) is 10.5. The average molecular weight is 450 g/mol. The largest absolute Gasteiger partial charge is 0.474 e. The molecule has 0 amide bonds. The number of hydrogen-bond donors (Lipinski definition) is 1. The number of alkyl halides is 3. The van der Waals surface area contributed by atoms with Crippen LogP contribution in [0.4, 0.5) is 19.1 Å². The molecule has 0 unspecified atom stereocenters. The lowest BCUT2D eigenvalue weighted by molar-refractivity contribution is -0.139. The third-order valence-electron chi connectivity index (χ3n) is 5.63. The van der Waals surface area contributed by atoms with Gasteiger partial charge in [0.25, 0.3) is 0 Å². The minimum atomic E-state index is -4.62. The number of nitrogens with zero attached hydrogens (tertiary/aromatic N) is 5. The molecule has 1 fully saturated rings. The van der Waals surface area contributed by atoms with Gasteiger partial charge in [-0.2, -0.15) is 18.2 Å². The van der Waals surface area contributed by atoms with Gasteiger partial charge in [0.2, 0.25) is 11.8 Å². The van der Waals surface area contributed by atoms with E-state index in [0.29, 0.717) is 0 Å². The van der Waals surface area contributed by atoms with Crippen molar-refractivity contribution >= 4 is 11.6 Å². The summed E-state index contributed by atoms with van der Waals surface area (Å²) < 4.78 is 52.4. The fraction of sp³-hybridized carbons (Fsp3) is 0.524. The number of pyridine rings is 1. The number of aromatic nitrogens is 5. The highest BCUT2D eigenvalue weighted by Gasteiger charge is 2.37. The van der Waals surface area contributed by atoms with Gasteiger partial charge in [0.15, 0.2) is 5.65 Å². The second-order valence-electron chi connectivity index (χ2n) is 7.96. The average Bonchev–Trinajstić information content (AvgIpc) is 3.21. The quantitative estimate of drug-likeness (QED) is 0.580. The molecule has 8 nitrogen and oxygen atoms in total. The third-order valence-corrected chi connectivity index (χ3v) is 5.63. The van der Waals surface area contributed by atoms with Gasteiger partial charge < -0.3 is 14.8 Å². The lowest BCUT2D eigenvalue weighted by Gasteiger charge is -2.29. The molecule has 3 aromatic heterocycles. The number of hydrogen-bond acceptors (Lipinski definition) is 7. The SMILES string of the molecule is CO[C@H](C)COc1nc(N[C@@H]2CCC[C@H](c3nnc4ccccn34)C2)ncc1C(F)(F)F. The Bertz CT molecular complexity index is 1060. The van der Waals surface area contributed by atoms with Crippen LogP contribution in [0.25, 0.3) is 5.65 Å². The van der Waals surface area contributed by atoms with Gasteiger partial charge in [0, 0.05) is 31.5 Å². The van der Waals surface area contributed by atoms with Gasteiger partial charge in [-0.25, -0.2) is 4.98 Å². The van der Waals surface area contributed by atoms with E-state index in [2.05, 4.69) is 25.5 Å². The van der Waals surface area contributed by atoms with Gasteiger partial charge in [-0.3, -0.25) is 4.40 Å². The van der Waals surface area contributed by atoms with E-state index >= 15 is 0 Å². The van der Waals surface area contributed by atoms with E-state index in [1.807, 2.05) is 28.8 Å². The molecule has 172 valence electrons. The van der Waals surface area contributed by atoms with Crippen molar-refractivity contribution in [3.05, 3.63) is 42.0 Å². The van der Waals surface area contributed by atoms with Crippen molar-refractivity contribution in [3.8, 4) is 5.88 Å². The van der Waals surface area contributed by atoms with Crippen LogP contribution in [0.3, 0.4) is 0 Å². The number of halogens is 3. The van der Waals surface area contributed by atoms with Crippen molar-refractivity contribution in [2.24, 2.45) is 0 Å². The van der Waals surface area contributed by atoms with Crippen molar-refractivity contribution in [1.29, 1.82) is 0 Å². The molecule has 0 spiro atoms. The molecule has 32 heavy (non-hydrogen) atoms. The fourth-order valence-electron chi connectivity index (χ4n) is 3.88. The monoisotopic (exact) mass is 450 g/mol. The van der Waals surface area contributed by atoms with Crippen molar-refractivity contribution in [3.63, 3.8) is 0 Å². The van der Waals surface area contributed by atoms with E-state index < -0.39 is 17.6 Å². The number of ether oxygens (including phenoxy) is 2. The maximum atomic E-state index is 13.4. The molecule has 1 saturated carbocycles. The maximum Gasteiger partial charge on any atom is 0.423 e. The summed E-state index contributed by atoms with van der Waals surface area (Å²) in [5, 5.41) is 11.8. The Morgan fingerprint density at radius 1 is 1.25 bits per heavy atom. The van der Waals surface area contributed by atoms with Crippen molar-refractivity contribution in [2.45, 2.75) is 56.8 Å². The Labute approximate surface area is 183 Å². The van der Waals surface area contributed by atoms with Crippen LogP contribution >= 0.6 is 0 Å². The Kier molecular flexibility index (Phi) is 6.45. The van der Waals surface area contributed by atoms with Crippen LogP contribution in [0.1, 0.15) is 49.9 Å². The number of anilines is 1. The predicted molar refractivity (Wildman–Crippen MR) is 111 cm³/mol. The molecule has 0 aromatic carbocycles. The summed E-state index contributed by atoms with van der Waals surface area (Å²) in [4.78, 5) is 7.92. The highest BCUT2D eigenvalue weighted by Crippen LogP contribution is 2.36. The zero-order valence-corrected chi connectivity index (χ0v) is 17.8. The van der Waals surface area contributed by atoms with E-state index in [-0.39, 0.29) is 30.6 Å². The molecular formula is C21H25F3N6O2. The molecule has 3 aromatic rings. The molecule has 3 heterocycles.